The average Bonchev–Trinajstić information content (AvgIpc) is 3.97. The minimum Gasteiger partial charge on any atom is -0.472 e. The molecule has 1 saturated heterocycles. The smallest absolute Gasteiger partial charge is 0.240 e. The van der Waals surface area contributed by atoms with Crippen molar-refractivity contribution in [1.82, 2.24) is 19.9 Å². The van der Waals surface area contributed by atoms with E-state index < -0.39 is 55.6 Å². The minimum atomic E-state index is -3.83. The van der Waals surface area contributed by atoms with Gasteiger partial charge < -0.3 is 15.0 Å². The summed E-state index contributed by atoms with van der Waals surface area (Å²) in [7, 11) is -3.83. The van der Waals surface area contributed by atoms with Crippen molar-refractivity contribution in [2.24, 2.45) is 22.7 Å². The van der Waals surface area contributed by atoms with E-state index in [-0.39, 0.29) is 55.7 Å². The Morgan fingerprint density at radius 2 is 1.90 bits per heavy atom. The first-order valence-electron chi connectivity index (χ1n) is 18.3. The zero-order chi connectivity index (χ0) is 36.9. The number of rotatable bonds is 7. The Hall–Kier alpha value is -3.80. The Bertz CT molecular complexity index is 1850. The Labute approximate surface area is 301 Å². The van der Waals surface area contributed by atoms with Crippen molar-refractivity contribution in [2.45, 2.75) is 122 Å². The molecule has 12 heteroatoms. The first-order valence-corrected chi connectivity index (χ1v) is 19.8. The topological polar surface area (TPSA) is 152 Å². The maximum Gasteiger partial charge on any atom is 0.240 e. The van der Waals surface area contributed by atoms with Gasteiger partial charge in [0.1, 0.15) is 6.10 Å². The summed E-state index contributed by atoms with van der Waals surface area (Å²) in [6, 6.07) is 7.21. The first kappa shape index (κ1) is 37.0. The van der Waals surface area contributed by atoms with E-state index in [1.54, 1.807) is 12.3 Å². The van der Waals surface area contributed by atoms with Crippen molar-refractivity contribution in [3.8, 4) is 5.88 Å². The van der Waals surface area contributed by atoms with Crippen LogP contribution in [0.15, 0.2) is 43.1 Å². The van der Waals surface area contributed by atoms with Crippen molar-refractivity contribution in [1.29, 1.82) is 0 Å². The summed E-state index contributed by atoms with van der Waals surface area (Å²) in [6.45, 7) is 13.7. The normalized spacial score (nSPS) is 28.7. The van der Waals surface area contributed by atoms with Gasteiger partial charge in [-0.25, -0.2) is 13.4 Å². The number of Topliss-reactive ketones (excluding diaryl/α,β-unsaturated/α-hetero) is 1. The molecule has 51 heavy (non-hydrogen) atoms. The molecule has 3 fully saturated rings. The fraction of sp³-hybridized carbons (Fsp3) is 0.615. The molecule has 5 atom stereocenters. The van der Waals surface area contributed by atoms with Crippen molar-refractivity contribution >= 4 is 44.3 Å². The number of allylic oxidation sites excluding steroid dienone is 1. The highest BCUT2D eigenvalue weighted by atomic mass is 32.2. The van der Waals surface area contributed by atoms with Crippen molar-refractivity contribution < 1.29 is 32.3 Å². The van der Waals surface area contributed by atoms with Gasteiger partial charge in [0.05, 0.1) is 29.2 Å². The van der Waals surface area contributed by atoms with E-state index in [0.717, 1.165) is 42.0 Å². The van der Waals surface area contributed by atoms with Crippen LogP contribution in [0.25, 0.3) is 10.8 Å². The van der Waals surface area contributed by atoms with Gasteiger partial charge in [0.15, 0.2) is 5.78 Å². The molecule has 276 valence electrons. The highest BCUT2D eigenvalue weighted by Crippen LogP contribution is 2.57. The molecule has 4 aliphatic rings. The number of fused-ring (bicyclic) bond motifs is 3. The Balaban J connectivity index is 1.34. The maximum absolute atomic E-state index is 14.7. The zero-order valence-electron chi connectivity index (χ0n) is 30.5. The molecule has 1 aromatic carbocycles. The van der Waals surface area contributed by atoms with Gasteiger partial charge in [0.2, 0.25) is 33.6 Å². The molecule has 2 aliphatic carbocycles. The van der Waals surface area contributed by atoms with E-state index in [1.165, 1.54) is 4.90 Å². The standard InChI is InChI=1S/C39H52N4O7S/c1-7-26-21-39(26,36(47)42-51(48,49)28-13-14-28)22-32(44)31-19-27-23-43(31)35(46)30(37(2,3)4)20-33(45)41-38(5,6)16-9-8-10-24-11-12-25-15-17-40-34(50-27)29(25)18-24/h7,11-12,15,17-18,26-28,30-31H,1,8-10,13-14,16,19-23H2,2-6H3,(H,41,45)(H,42,47)/t26-,27-,30-,31+,39-/m1/s1. The Morgan fingerprint density at radius 1 is 1.16 bits per heavy atom. The second-order valence-electron chi connectivity index (χ2n) is 16.9. The second-order valence-corrected chi connectivity index (χ2v) is 18.9. The molecule has 4 bridgehead atoms. The fourth-order valence-electron chi connectivity index (χ4n) is 7.87. The number of pyridine rings is 1. The number of aryl methyl sites for hydroxylation is 1. The molecule has 3 amide bonds. The molecule has 11 nitrogen and oxygen atoms in total. The largest absolute Gasteiger partial charge is 0.472 e. The summed E-state index contributed by atoms with van der Waals surface area (Å²) in [5.41, 5.74) is -1.22. The summed E-state index contributed by atoms with van der Waals surface area (Å²) in [5.74, 6) is -2.32. The number of benzene rings is 1. The Kier molecular flexibility index (Phi) is 9.89. The number of carbonyl (C=O) groups is 4. The summed E-state index contributed by atoms with van der Waals surface area (Å²) in [6.07, 6.45) is 7.29. The first-order chi connectivity index (χ1) is 23.9. The van der Waals surface area contributed by atoms with Crippen LogP contribution >= 0.6 is 0 Å². The third-order valence-electron chi connectivity index (χ3n) is 11.3. The number of sulfonamides is 1. The third-order valence-corrected chi connectivity index (χ3v) is 13.1. The minimum absolute atomic E-state index is 0.0516. The van der Waals surface area contributed by atoms with Crippen LogP contribution in [0.2, 0.25) is 0 Å². The molecule has 0 unspecified atom stereocenters. The van der Waals surface area contributed by atoms with Gasteiger partial charge in [0, 0.05) is 36.4 Å². The van der Waals surface area contributed by atoms with Gasteiger partial charge in [-0.05, 0) is 86.8 Å². The second kappa shape index (κ2) is 13.6. The predicted octanol–water partition coefficient (Wildman–Crippen LogP) is 5.02. The van der Waals surface area contributed by atoms with Crippen LogP contribution in [-0.4, -0.2) is 71.3 Å². The summed E-state index contributed by atoms with van der Waals surface area (Å²) < 4.78 is 34.2. The van der Waals surface area contributed by atoms with Crippen LogP contribution in [0.4, 0.5) is 0 Å². The number of ether oxygens (including phenoxy) is 1. The molecule has 2 aromatic rings. The molecule has 0 radical (unpaired) electrons. The molecular weight excluding hydrogens is 669 g/mol. The van der Waals surface area contributed by atoms with Gasteiger partial charge >= 0.3 is 0 Å². The van der Waals surface area contributed by atoms with Crippen molar-refractivity contribution in [3.63, 3.8) is 0 Å². The predicted molar refractivity (Wildman–Crippen MR) is 194 cm³/mol. The van der Waals surface area contributed by atoms with E-state index in [0.29, 0.717) is 18.7 Å². The van der Waals surface area contributed by atoms with Crippen LogP contribution in [-0.2, 0) is 35.6 Å². The molecule has 2 aliphatic heterocycles. The molecule has 1 aromatic heterocycles. The Morgan fingerprint density at radius 3 is 2.57 bits per heavy atom. The number of amides is 3. The summed E-state index contributed by atoms with van der Waals surface area (Å²) in [5, 5.41) is 4.38. The molecular formula is C39H52N4O7S. The summed E-state index contributed by atoms with van der Waals surface area (Å²) in [4.78, 5) is 62.3. The maximum atomic E-state index is 14.7. The monoisotopic (exact) mass is 720 g/mol. The SMILES string of the molecule is C=C[C@@H]1C[C@]1(CC(=O)[C@@H]1C[C@@H]2CN1C(=O)[C@H](C(C)(C)C)CC(=O)NC(C)(C)CCCCc1ccc3ccnc(c3c1)O2)C(=O)NS(=O)(=O)C1CC1. The van der Waals surface area contributed by atoms with Gasteiger partial charge in [-0.2, -0.15) is 0 Å². The van der Waals surface area contributed by atoms with Gasteiger partial charge in [-0.3, -0.25) is 23.9 Å². The van der Waals surface area contributed by atoms with E-state index in [4.69, 9.17) is 4.74 Å². The van der Waals surface area contributed by atoms with E-state index in [2.05, 4.69) is 33.7 Å². The van der Waals surface area contributed by atoms with Gasteiger partial charge in [-0.1, -0.05) is 45.4 Å². The lowest BCUT2D eigenvalue weighted by atomic mass is 9.77. The summed E-state index contributed by atoms with van der Waals surface area (Å²) >= 11 is 0. The van der Waals surface area contributed by atoms with Crippen molar-refractivity contribution in [3.05, 3.63) is 48.7 Å². The van der Waals surface area contributed by atoms with Crippen molar-refractivity contribution in [2.75, 3.05) is 6.54 Å². The highest BCUT2D eigenvalue weighted by Gasteiger charge is 2.61. The van der Waals surface area contributed by atoms with Gasteiger partial charge in [0.25, 0.3) is 0 Å². The van der Waals surface area contributed by atoms with Gasteiger partial charge in [-0.15, -0.1) is 6.58 Å². The lowest BCUT2D eigenvalue weighted by molar-refractivity contribution is -0.146. The molecule has 0 spiro atoms. The lowest BCUT2D eigenvalue weighted by Gasteiger charge is -2.36. The lowest BCUT2D eigenvalue weighted by Crippen LogP contribution is -2.50. The zero-order valence-corrected chi connectivity index (χ0v) is 31.3. The highest BCUT2D eigenvalue weighted by molar-refractivity contribution is 7.90. The number of nitrogens with zero attached hydrogens (tertiary/aromatic N) is 2. The number of aromatic nitrogens is 1. The molecule has 2 saturated carbocycles. The van der Waals surface area contributed by atoms with Crippen LogP contribution in [0.3, 0.4) is 0 Å². The number of nitrogens with one attached hydrogen (secondary N) is 2. The molecule has 2 N–H and O–H groups in total. The molecule has 6 rings (SSSR count). The quantitative estimate of drug-likeness (QED) is 0.379. The number of hydrogen-bond donors (Lipinski definition) is 2. The number of hydrogen-bond acceptors (Lipinski definition) is 8. The van der Waals surface area contributed by atoms with Crippen LogP contribution < -0.4 is 14.8 Å². The number of ketones is 1. The van der Waals surface area contributed by atoms with E-state index >= 15 is 0 Å². The average molecular weight is 721 g/mol. The number of carbonyl (C=O) groups excluding carboxylic acids is 4. The van der Waals surface area contributed by atoms with Crippen LogP contribution in [0.5, 0.6) is 5.88 Å². The van der Waals surface area contributed by atoms with Crippen LogP contribution in [0, 0.1) is 22.7 Å². The van der Waals surface area contributed by atoms with E-state index in [1.807, 2.05) is 46.8 Å². The fourth-order valence-corrected chi connectivity index (χ4v) is 9.26. The third kappa shape index (κ3) is 8.00. The van der Waals surface area contributed by atoms with E-state index in [9.17, 15) is 27.6 Å². The van der Waals surface area contributed by atoms with Crippen LogP contribution in [0.1, 0.15) is 98.0 Å². The molecule has 3 heterocycles.